The smallest absolute Gasteiger partial charge is 0.249 e. The average molecular weight is 315 g/mol. The molecule has 6 nitrogen and oxygen atoms in total. The van der Waals surface area contributed by atoms with Gasteiger partial charge in [-0.15, -0.1) is 10.2 Å². The van der Waals surface area contributed by atoms with Crippen LogP contribution in [0.15, 0.2) is 34.2 Å². The molecule has 2 heterocycles. The third-order valence-electron chi connectivity index (χ3n) is 2.51. The van der Waals surface area contributed by atoms with Gasteiger partial charge in [0.05, 0.1) is 12.2 Å². The maximum Gasteiger partial charge on any atom is 0.267 e. The second kappa shape index (κ2) is 4.55. The Bertz CT molecular complexity index is 756. The fraction of sp³-hybridized carbons (Fsp3) is 0.100. The third kappa shape index (κ3) is 2.22. The summed E-state index contributed by atoms with van der Waals surface area (Å²) in [6.45, 7) is 0.0740. The summed E-state index contributed by atoms with van der Waals surface area (Å²) in [6, 6.07) is 6.59. The van der Waals surface area contributed by atoms with Crippen molar-refractivity contribution in [3.63, 3.8) is 0 Å². The van der Waals surface area contributed by atoms with Crippen LogP contribution in [0, 0.1) is 0 Å². The van der Waals surface area contributed by atoms with Gasteiger partial charge in [-0.25, -0.2) is 17.7 Å². The molecule has 0 aliphatic carbocycles. The average Bonchev–Trinajstić information content (AvgIpc) is 2.79. The standard InChI is InChI=1S/C10H7ClN4O2S2/c11-10-14-13-9(18-10)5-15-6-12-7-3-1-2-4-8(7)19(15,16)17/h1-4,6H,5H2. The molecule has 0 saturated heterocycles. The number of hydrogen-bond acceptors (Lipinski definition) is 6. The predicted octanol–water partition coefficient (Wildman–Crippen LogP) is 2.06. The lowest BCUT2D eigenvalue weighted by molar-refractivity contribution is 0.520. The number of sulfonamides is 1. The van der Waals surface area contributed by atoms with Crippen molar-refractivity contribution in [2.24, 2.45) is 4.99 Å². The zero-order valence-corrected chi connectivity index (χ0v) is 11.8. The topological polar surface area (TPSA) is 75.5 Å². The summed E-state index contributed by atoms with van der Waals surface area (Å²) in [5.41, 5.74) is 0.439. The van der Waals surface area contributed by atoms with Crippen LogP contribution in [0.25, 0.3) is 0 Å². The van der Waals surface area contributed by atoms with Gasteiger partial charge in [0.25, 0.3) is 10.0 Å². The Morgan fingerprint density at radius 1 is 1.26 bits per heavy atom. The Labute approximate surface area is 118 Å². The van der Waals surface area contributed by atoms with Gasteiger partial charge in [0.1, 0.15) is 16.2 Å². The molecule has 1 aromatic carbocycles. The van der Waals surface area contributed by atoms with E-state index in [0.29, 0.717) is 10.7 Å². The normalized spacial score (nSPS) is 16.4. The molecule has 2 aromatic rings. The molecule has 0 N–H and O–H groups in total. The summed E-state index contributed by atoms with van der Waals surface area (Å²) < 4.78 is 26.2. The third-order valence-corrected chi connectivity index (χ3v) is 5.26. The van der Waals surface area contributed by atoms with E-state index in [2.05, 4.69) is 15.2 Å². The molecule has 19 heavy (non-hydrogen) atoms. The van der Waals surface area contributed by atoms with Crippen molar-refractivity contribution in [2.45, 2.75) is 11.4 Å². The first-order chi connectivity index (χ1) is 9.07. The lowest BCUT2D eigenvalue weighted by Gasteiger charge is -2.22. The van der Waals surface area contributed by atoms with Crippen LogP contribution in [-0.4, -0.2) is 29.3 Å². The second-order valence-electron chi connectivity index (χ2n) is 3.71. The fourth-order valence-electron chi connectivity index (χ4n) is 1.65. The summed E-state index contributed by atoms with van der Waals surface area (Å²) in [5.74, 6) is 0. The SMILES string of the molecule is O=S1(=O)c2ccccc2N=CN1Cc1nnc(Cl)s1. The van der Waals surface area contributed by atoms with Crippen LogP contribution in [0.4, 0.5) is 5.69 Å². The Kier molecular flexibility index (Phi) is 3.00. The minimum absolute atomic E-state index is 0.0740. The van der Waals surface area contributed by atoms with Crippen LogP contribution in [0.5, 0.6) is 0 Å². The van der Waals surface area contributed by atoms with E-state index in [9.17, 15) is 8.42 Å². The lowest BCUT2D eigenvalue weighted by Crippen LogP contribution is -2.31. The maximum absolute atomic E-state index is 12.4. The number of rotatable bonds is 2. The van der Waals surface area contributed by atoms with Crippen LogP contribution in [0.2, 0.25) is 4.47 Å². The van der Waals surface area contributed by atoms with Gasteiger partial charge in [0, 0.05) is 0 Å². The molecule has 1 aromatic heterocycles. The van der Waals surface area contributed by atoms with E-state index in [4.69, 9.17) is 11.6 Å². The summed E-state index contributed by atoms with van der Waals surface area (Å²) in [6.07, 6.45) is 1.28. The molecule has 98 valence electrons. The van der Waals surface area contributed by atoms with Crippen LogP contribution in [0.3, 0.4) is 0 Å². The van der Waals surface area contributed by atoms with Crippen molar-refractivity contribution in [3.05, 3.63) is 33.7 Å². The van der Waals surface area contributed by atoms with Gasteiger partial charge in [0.15, 0.2) is 0 Å². The van der Waals surface area contributed by atoms with Gasteiger partial charge in [0.2, 0.25) is 4.47 Å². The van der Waals surface area contributed by atoms with Crippen LogP contribution >= 0.6 is 22.9 Å². The van der Waals surface area contributed by atoms with Gasteiger partial charge in [-0.2, -0.15) is 0 Å². The molecule has 0 saturated carbocycles. The second-order valence-corrected chi connectivity index (χ2v) is 7.21. The monoisotopic (exact) mass is 314 g/mol. The van der Waals surface area contributed by atoms with E-state index in [1.807, 2.05) is 0 Å². The van der Waals surface area contributed by atoms with Gasteiger partial charge in [-0.05, 0) is 23.7 Å². The number of para-hydroxylation sites is 1. The van der Waals surface area contributed by atoms with Gasteiger partial charge in [-0.3, -0.25) is 0 Å². The van der Waals surface area contributed by atoms with Gasteiger partial charge >= 0.3 is 0 Å². The van der Waals surface area contributed by atoms with Crippen molar-refractivity contribution in [2.75, 3.05) is 0 Å². The van der Waals surface area contributed by atoms with Crippen LogP contribution in [-0.2, 0) is 16.6 Å². The molecule has 0 fully saturated rings. The molecular formula is C10H7ClN4O2S2. The zero-order valence-electron chi connectivity index (χ0n) is 9.39. The number of aliphatic imine (C=N–C) groups is 1. The highest BCUT2D eigenvalue weighted by Crippen LogP contribution is 2.31. The molecule has 0 amide bonds. The molecule has 1 aliphatic rings. The summed E-state index contributed by atoms with van der Waals surface area (Å²) in [5, 5.41) is 7.96. The molecule has 1 aliphatic heterocycles. The number of fused-ring (bicyclic) bond motifs is 1. The first-order valence-corrected chi connectivity index (χ1v) is 7.84. The highest BCUT2D eigenvalue weighted by molar-refractivity contribution is 7.89. The largest absolute Gasteiger partial charge is 0.267 e. The Morgan fingerprint density at radius 3 is 2.79 bits per heavy atom. The summed E-state index contributed by atoms with van der Waals surface area (Å²) >= 11 is 6.81. The molecular weight excluding hydrogens is 308 g/mol. The molecule has 3 rings (SSSR count). The van der Waals surface area contributed by atoms with Crippen molar-refractivity contribution in [1.29, 1.82) is 0 Å². The molecule has 0 bridgehead atoms. The van der Waals surface area contributed by atoms with Gasteiger partial charge in [-0.1, -0.05) is 23.5 Å². The van der Waals surface area contributed by atoms with Crippen LogP contribution in [0.1, 0.15) is 5.01 Å². The molecule has 0 unspecified atom stereocenters. The van der Waals surface area contributed by atoms with Crippen molar-refractivity contribution in [1.82, 2.24) is 14.5 Å². The quantitative estimate of drug-likeness (QED) is 0.850. The number of aromatic nitrogens is 2. The van der Waals surface area contributed by atoms with Crippen LogP contribution < -0.4 is 0 Å². The van der Waals surface area contributed by atoms with Gasteiger partial charge < -0.3 is 0 Å². The van der Waals surface area contributed by atoms with E-state index in [-0.39, 0.29) is 15.9 Å². The minimum Gasteiger partial charge on any atom is -0.249 e. The van der Waals surface area contributed by atoms with E-state index in [0.717, 1.165) is 15.6 Å². The van der Waals surface area contributed by atoms with E-state index in [1.54, 1.807) is 18.2 Å². The molecule has 9 heteroatoms. The molecule has 0 spiro atoms. The highest BCUT2D eigenvalue weighted by Gasteiger charge is 2.29. The maximum atomic E-state index is 12.4. The number of hydrogen-bond donors (Lipinski definition) is 0. The molecule has 0 atom stereocenters. The first kappa shape index (κ1) is 12.5. The fourth-order valence-corrected chi connectivity index (χ4v) is 3.95. The predicted molar refractivity (Wildman–Crippen MR) is 72.2 cm³/mol. The van der Waals surface area contributed by atoms with E-state index in [1.165, 1.54) is 12.4 Å². The summed E-state index contributed by atoms with van der Waals surface area (Å²) in [7, 11) is -3.59. The molecule has 0 radical (unpaired) electrons. The van der Waals surface area contributed by atoms with Crippen molar-refractivity contribution in [3.8, 4) is 0 Å². The first-order valence-electron chi connectivity index (χ1n) is 5.20. The van der Waals surface area contributed by atoms with E-state index >= 15 is 0 Å². The number of nitrogens with zero attached hydrogens (tertiary/aromatic N) is 4. The van der Waals surface area contributed by atoms with Crippen molar-refractivity contribution >= 4 is 45.0 Å². The lowest BCUT2D eigenvalue weighted by atomic mass is 10.3. The van der Waals surface area contributed by atoms with Crippen molar-refractivity contribution < 1.29 is 8.42 Å². The Balaban J connectivity index is 1.98. The highest BCUT2D eigenvalue weighted by atomic mass is 35.5. The Hall–Kier alpha value is -1.51. The number of benzene rings is 1. The van der Waals surface area contributed by atoms with E-state index < -0.39 is 10.0 Å². The number of halogens is 1. The Morgan fingerprint density at radius 2 is 2.05 bits per heavy atom. The summed E-state index contributed by atoms with van der Waals surface area (Å²) in [4.78, 5) is 4.31. The zero-order chi connectivity index (χ0) is 13.5. The minimum atomic E-state index is -3.59.